The number of ether oxygens (including phenoxy) is 1. The van der Waals surface area contributed by atoms with Crippen LogP contribution in [0, 0.1) is 5.41 Å². The number of alkyl carbamates (subject to hydrolysis) is 1. The maximum absolute atomic E-state index is 11.8. The van der Waals surface area contributed by atoms with Gasteiger partial charge in [-0.1, -0.05) is 34.1 Å². The SMILES string of the molecule is CCCCNC(=O)OCC(CNCC)(CNCC)CNCC. The van der Waals surface area contributed by atoms with Gasteiger partial charge in [0.25, 0.3) is 0 Å². The summed E-state index contributed by atoms with van der Waals surface area (Å²) in [6.45, 7) is 14.6. The molecule has 0 aromatic heterocycles. The van der Waals surface area contributed by atoms with Crippen molar-refractivity contribution in [2.24, 2.45) is 5.41 Å². The fraction of sp³-hybridized carbons (Fsp3) is 0.938. The summed E-state index contributed by atoms with van der Waals surface area (Å²) in [5.41, 5.74) is -0.135. The summed E-state index contributed by atoms with van der Waals surface area (Å²) in [6, 6.07) is 0. The first-order valence-corrected chi connectivity index (χ1v) is 8.66. The van der Waals surface area contributed by atoms with Crippen molar-refractivity contribution >= 4 is 6.09 Å². The summed E-state index contributed by atoms with van der Waals surface area (Å²) in [6.07, 6.45) is 1.72. The van der Waals surface area contributed by atoms with E-state index in [-0.39, 0.29) is 11.5 Å². The van der Waals surface area contributed by atoms with Gasteiger partial charge in [0.15, 0.2) is 0 Å². The lowest BCUT2D eigenvalue weighted by molar-refractivity contribution is 0.0795. The fourth-order valence-electron chi connectivity index (χ4n) is 2.15. The minimum Gasteiger partial charge on any atom is -0.449 e. The van der Waals surface area contributed by atoms with E-state index < -0.39 is 0 Å². The van der Waals surface area contributed by atoms with Gasteiger partial charge >= 0.3 is 6.09 Å². The maximum atomic E-state index is 11.8. The Kier molecular flexibility index (Phi) is 13.3. The largest absolute Gasteiger partial charge is 0.449 e. The Morgan fingerprint density at radius 1 is 0.909 bits per heavy atom. The first-order chi connectivity index (χ1) is 10.6. The summed E-state index contributed by atoms with van der Waals surface area (Å²) in [5, 5.41) is 13.0. The molecule has 22 heavy (non-hydrogen) atoms. The van der Waals surface area contributed by atoms with Crippen LogP contribution in [0.15, 0.2) is 0 Å². The van der Waals surface area contributed by atoms with E-state index in [1.165, 1.54) is 0 Å². The normalized spacial score (nSPS) is 11.5. The molecule has 0 saturated heterocycles. The van der Waals surface area contributed by atoms with Gasteiger partial charge in [0.05, 0.1) is 0 Å². The number of nitrogens with one attached hydrogen (secondary N) is 4. The molecular weight excluding hydrogens is 280 g/mol. The summed E-state index contributed by atoms with van der Waals surface area (Å²) in [4.78, 5) is 11.8. The molecule has 132 valence electrons. The Bertz CT molecular complexity index is 253. The van der Waals surface area contributed by atoms with Gasteiger partial charge in [-0.05, 0) is 26.1 Å². The molecule has 0 atom stereocenters. The molecular formula is C16H36N4O2. The Balaban J connectivity index is 4.53. The van der Waals surface area contributed by atoms with Crippen LogP contribution >= 0.6 is 0 Å². The highest BCUT2D eigenvalue weighted by Crippen LogP contribution is 2.15. The zero-order valence-corrected chi connectivity index (χ0v) is 14.9. The van der Waals surface area contributed by atoms with E-state index in [9.17, 15) is 4.79 Å². The van der Waals surface area contributed by atoms with E-state index in [4.69, 9.17) is 4.74 Å². The van der Waals surface area contributed by atoms with E-state index in [0.717, 1.165) is 52.1 Å². The molecule has 0 unspecified atom stereocenters. The van der Waals surface area contributed by atoms with Crippen LogP contribution in [-0.2, 0) is 4.74 Å². The molecule has 0 aromatic carbocycles. The monoisotopic (exact) mass is 316 g/mol. The van der Waals surface area contributed by atoms with Crippen LogP contribution in [0.2, 0.25) is 0 Å². The molecule has 0 heterocycles. The molecule has 0 fully saturated rings. The number of rotatable bonds is 14. The lowest BCUT2D eigenvalue weighted by Crippen LogP contribution is -2.52. The molecule has 0 aromatic rings. The van der Waals surface area contributed by atoms with Crippen molar-refractivity contribution in [3.05, 3.63) is 0 Å². The van der Waals surface area contributed by atoms with Crippen LogP contribution in [0.3, 0.4) is 0 Å². The van der Waals surface area contributed by atoms with Crippen LogP contribution in [-0.4, -0.2) is 58.5 Å². The Labute approximate surface area is 136 Å². The first kappa shape index (κ1) is 21.1. The molecule has 0 aliphatic rings. The van der Waals surface area contributed by atoms with Crippen molar-refractivity contribution in [3.8, 4) is 0 Å². The molecule has 0 bridgehead atoms. The fourth-order valence-corrected chi connectivity index (χ4v) is 2.15. The second-order valence-electron chi connectivity index (χ2n) is 5.70. The number of carbonyl (C=O) groups is 1. The molecule has 0 aliphatic heterocycles. The summed E-state index contributed by atoms with van der Waals surface area (Å²) < 4.78 is 5.48. The third-order valence-corrected chi connectivity index (χ3v) is 3.56. The van der Waals surface area contributed by atoms with E-state index in [1.807, 2.05) is 0 Å². The zero-order valence-electron chi connectivity index (χ0n) is 14.9. The summed E-state index contributed by atoms with van der Waals surface area (Å²) >= 11 is 0. The van der Waals surface area contributed by atoms with E-state index in [1.54, 1.807) is 0 Å². The Morgan fingerprint density at radius 2 is 1.41 bits per heavy atom. The molecule has 6 heteroatoms. The van der Waals surface area contributed by atoms with Gasteiger partial charge in [-0.3, -0.25) is 0 Å². The second-order valence-corrected chi connectivity index (χ2v) is 5.70. The zero-order chi connectivity index (χ0) is 16.7. The van der Waals surface area contributed by atoms with Crippen LogP contribution < -0.4 is 21.3 Å². The number of amides is 1. The third-order valence-electron chi connectivity index (χ3n) is 3.56. The molecule has 4 N–H and O–H groups in total. The molecule has 0 spiro atoms. The molecule has 6 nitrogen and oxygen atoms in total. The van der Waals surface area contributed by atoms with Gasteiger partial charge in [-0.25, -0.2) is 4.79 Å². The van der Waals surface area contributed by atoms with Crippen LogP contribution in [0.4, 0.5) is 4.79 Å². The predicted octanol–water partition coefficient (Wildman–Crippen LogP) is 1.33. The van der Waals surface area contributed by atoms with Crippen molar-refractivity contribution in [3.63, 3.8) is 0 Å². The smallest absolute Gasteiger partial charge is 0.407 e. The second kappa shape index (κ2) is 13.8. The highest BCUT2D eigenvalue weighted by molar-refractivity contribution is 5.67. The lowest BCUT2D eigenvalue weighted by Gasteiger charge is -2.34. The van der Waals surface area contributed by atoms with Crippen LogP contribution in [0.25, 0.3) is 0 Å². The molecule has 0 aliphatic carbocycles. The summed E-state index contributed by atoms with van der Waals surface area (Å²) in [7, 11) is 0. The van der Waals surface area contributed by atoms with Crippen molar-refractivity contribution in [1.29, 1.82) is 0 Å². The van der Waals surface area contributed by atoms with Gasteiger partial charge in [0.2, 0.25) is 0 Å². The minimum absolute atomic E-state index is 0.135. The number of hydrogen-bond donors (Lipinski definition) is 4. The quantitative estimate of drug-likeness (QED) is 0.364. The van der Waals surface area contributed by atoms with Gasteiger partial charge in [0.1, 0.15) is 6.61 Å². The third kappa shape index (κ3) is 9.97. The minimum atomic E-state index is -0.317. The highest BCUT2D eigenvalue weighted by atomic mass is 16.5. The molecule has 0 saturated carbocycles. The van der Waals surface area contributed by atoms with E-state index in [2.05, 4.69) is 49.0 Å². The summed E-state index contributed by atoms with van der Waals surface area (Å²) in [5.74, 6) is 0. The van der Waals surface area contributed by atoms with Gasteiger partial charge in [-0.2, -0.15) is 0 Å². The maximum Gasteiger partial charge on any atom is 0.407 e. The average Bonchev–Trinajstić information content (AvgIpc) is 2.54. The Morgan fingerprint density at radius 3 is 1.82 bits per heavy atom. The number of unbranched alkanes of at least 4 members (excludes halogenated alkanes) is 1. The number of carbonyl (C=O) groups excluding carboxylic acids is 1. The van der Waals surface area contributed by atoms with Crippen molar-refractivity contribution in [2.75, 3.05) is 52.4 Å². The van der Waals surface area contributed by atoms with Crippen molar-refractivity contribution in [2.45, 2.75) is 40.5 Å². The van der Waals surface area contributed by atoms with E-state index in [0.29, 0.717) is 13.2 Å². The molecule has 1 amide bonds. The molecule has 0 rings (SSSR count). The van der Waals surface area contributed by atoms with Gasteiger partial charge < -0.3 is 26.0 Å². The average molecular weight is 316 g/mol. The number of hydrogen-bond acceptors (Lipinski definition) is 5. The first-order valence-electron chi connectivity index (χ1n) is 8.66. The highest BCUT2D eigenvalue weighted by Gasteiger charge is 2.31. The van der Waals surface area contributed by atoms with Crippen molar-refractivity contribution < 1.29 is 9.53 Å². The Hall–Kier alpha value is -0.850. The predicted molar refractivity (Wildman–Crippen MR) is 92.3 cm³/mol. The topological polar surface area (TPSA) is 74.4 Å². The van der Waals surface area contributed by atoms with Crippen LogP contribution in [0.5, 0.6) is 0 Å². The standard InChI is InChI=1S/C16H36N4O2/c1-5-9-10-20-15(21)22-14-16(11-17-6-2,12-18-7-3)13-19-8-4/h17-19H,5-14H2,1-4H3,(H,20,21). The van der Waals surface area contributed by atoms with Gasteiger partial charge in [-0.15, -0.1) is 0 Å². The van der Waals surface area contributed by atoms with Crippen molar-refractivity contribution in [1.82, 2.24) is 21.3 Å². The van der Waals surface area contributed by atoms with Gasteiger partial charge in [0, 0.05) is 31.6 Å². The molecule has 0 radical (unpaired) electrons. The lowest BCUT2D eigenvalue weighted by atomic mass is 9.88. The van der Waals surface area contributed by atoms with Crippen LogP contribution in [0.1, 0.15) is 40.5 Å². The van der Waals surface area contributed by atoms with E-state index >= 15 is 0 Å².